The van der Waals surface area contributed by atoms with E-state index in [1.54, 1.807) is 0 Å². The number of allylic oxidation sites excluding steroid dienone is 1. The first-order chi connectivity index (χ1) is 28.2. The van der Waals surface area contributed by atoms with Crippen molar-refractivity contribution in [1.29, 1.82) is 5.41 Å². The minimum atomic E-state index is 0.206. The van der Waals surface area contributed by atoms with E-state index in [1.165, 1.54) is 54.2 Å². The number of nitrogens with zero attached hydrogens (tertiary/aromatic N) is 2. The number of benzene rings is 10. The van der Waals surface area contributed by atoms with Gasteiger partial charge < -0.3 is 0 Å². The van der Waals surface area contributed by atoms with E-state index in [0.717, 1.165) is 43.7 Å². The van der Waals surface area contributed by atoms with Crippen LogP contribution in [-0.2, 0) is 0 Å². The summed E-state index contributed by atoms with van der Waals surface area (Å²) >= 11 is 0. The number of para-hydroxylation sites is 2. The van der Waals surface area contributed by atoms with Gasteiger partial charge in [0, 0.05) is 16.3 Å². The number of amidine groups is 1. The van der Waals surface area contributed by atoms with Crippen LogP contribution in [0, 0.1) is 5.41 Å². The minimum absolute atomic E-state index is 0.206. The standard InChI is InChI=1S/C54H35N3/c55-54(36-17-2-1-3-18-36)56-51(57-49-28-14-12-24-43(49)44-25-13-15-29-50(44)57)33-32-42-40-22-8-10-26-45(40)53(46-27-11-9-23-41(42)46)52-39-21-7-5-19-37(39)34-48-38-20-6-4-16-35(38)30-31-47(48)52/h1-34,55H/b33-32+,55-54?,56-51?. The summed E-state index contributed by atoms with van der Waals surface area (Å²) in [5, 5.41) is 23.6. The Hall–Kier alpha value is -7.62. The molecule has 0 unspecified atom stereocenters. The van der Waals surface area contributed by atoms with Gasteiger partial charge in [0.15, 0.2) is 5.84 Å². The highest BCUT2D eigenvalue weighted by Crippen LogP contribution is 2.46. The first kappa shape index (κ1) is 32.8. The van der Waals surface area contributed by atoms with Crippen molar-refractivity contribution in [1.82, 2.24) is 4.57 Å². The smallest absolute Gasteiger partial charge is 0.154 e. The number of fused-ring (bicyclic) bond motifs is 9. The zero-order valence-electron chi connectivity index (χ0n) is 31.0. The Balaban J connectivity index is 1.20. The second-order valence-electron chi connectivity index (χ2n) is 14.6. The van der Waals surface area contributed by atoms with Crippen LogP contribution in [0.25, 0.3) is 92.9 Å². The molecule has 0 saturated carbocycles. The molecule has 10 aromatic carbocycles. The number of aromatic nitrogens is 1. The number of hydrogen-bond acceptors (Lipinski definition) is 1. The van der Waals surface area contributed by atoms with Gasteiger partial charge in [0.1, 0.15) is 5.84 Å². The molecular weight excluding hydrogens is 691 g/mol. The number of rotatable bonds is 4. The van der Waals surface area contributed by atoms with Gasteiger partial charge in [-0.05, 0) is 94.8 Å². The van der Waals surface area contributed by atoms with Gasteiger partial charge in [0.05, 0.1) is 11.0 Å². The van der Waals surface area contributed by atoms with Crippen LogP contribution >= 0.6 is 0 Å². The lowest BCUT2D eigenvalue weighted by Gasteiger charge is -2.20. The van der Waals surface area contributed by atoms with Crippen LogP contribution in [0.3, 0.4) is 0 Å². The molecule has 11 aromatic rings. The van der Waals surface area contributed by atoms with E-state index >= 15 is 0 Å². The third-order valence-corrected chi connectivity index (χ3v) is 11.5. The molecule has 0 aliphatic carbocycles. The molecule has 3 heteroatoms. The highest BCUT2D eigenvalue weighted by molar-refractivity contribution is 6.28. The Morgan fingerprint density at radius 1 is 0.404 bits per heavy atom. The van der Waals surface area contributed by atoms with Crippen LogP contribution in [0.2, 0.25) is 0 Å². The maximum Gasteiger partial charge on any atom is 0.154 e. The minimum Gasteiger partial charge on any atom is -0.294 e. The van der Waals surface area contributed by atoms with Crippen LogP contribution in [0.1, 0.15) is 11.1 Å². The molecule has 1 aromatic heterocycles. The highest BCUT2D eigenvalue weighted by Gasteiger charge is 2.20. The van der Waals surface area contributed by atoms with Gasteiger partial charge in [-0.25, -0.2) is 4.99 Å². The zero-order chi connectivity index (χ0) is 37.9. The van der Waals surface area contributed by atoms with E-state index in [9.17, 15) is 5.41 Å². The molecule has 3 nitrogen and oxygen atoms in total. The molecule has 1 heterocycles. The summed E-state index contributed by atoms with van der Waals surface area (Å²) in [7, 11) is 0. The Morgan fingerprint density at radius 2 is 0.877 bits per heavy atom. The lowest BCUT2D eigenvalue weighted by atomic mass is 9.83. The van der Waals surface area contributed by atoms with Crippen molar-refractivity contribution in [2.24, 2.45) is 4.99 Å². The van der Waals surface area contributed by atoms with E-state index in [1.807, 2.05) is 30.3 Å². The first-order valence-corrected chi connectivity index (χ1v) is 19.4. The summed E-state index contributed by atoms with van der Waals surface area (Å²) in [6, 6.07) is 68.8. The van der Waals surface area contributed by atoms with Gasteiger partial charge in [-0.3, -0.25) is 9.98 Å². The average Bonchev–Trinajstić information content (AvgIpc) is 3.61. The van der Waals surface area contributed by atoms with Crippen molar-refractivity contribution in [3.05, 3.63) is 211 Å². The number of hydrogen-bond donors (Lipinski definition) is 1. The molecule has 0 aliphatic rings. The van der Waals surface area contributed by atoms with Crippen molar-refractivity contribution in [3.63, 3.8) is 0 Å². The van der Waals surface area contributed by atoms with Crippen molar-refractivity contribution in [2.75, 3.05) is 0 Å². The third-order valence-electron chi connectivity index (χ3n) is 11.5. The second kappa shape index (κ2) is 13.3. The van der Waals surface area contributed by atoms with Crippen LogP contribution in [-0.4, -0.2) is 16.2 Å². The molecule has 0 radical (unpaired) electrons. The highest BCUT2D eigenvalue weighted by atomic mass is 15.1. The quantitative estimate of drug-likeness (QED) is 0.0812. The summed E-state index contributed by atoms with van der Waals surface area (Å²) in [6.07, 6.45) is 4.31. The van der Waals surface area contributed by atoms with Crippen LogP contribution in [0.5, 0.6) is 0 Å². The fourth-order valence-corrected chi connectivity index (χ4v) is 8.96. The Morgan fingerprint density at radius 3 is 1.53 bits per heavy atom. The molecule has 0 aliphatic heterocycles. The normalized spacial score (nSPS) is 12.3. The fourth-order valence-electron chi connectivity index (χ4n) is 8.96. The number of nitrogens with one attached hydrogen (secondary N) is 1. The molecule has 266 valence electrons. The monoisotopic (exact) mass is 725 g/mol. The first-order valence-electron chi connectivity index (χ1n) is 19.4. The van der Waals surface area contributed by atoms with Crippen molar-refractivity contribution >= 4 is 93.4 Å². The zero-order valence-corrected chi connectivity index (χ0v) is 31.0. The van der Waals surface area contributed by atoms with Crippen LogP contribution in [0.15, 0.2) is 205 Å². The average molecular weight is 726 g/mol. The van der Waals surface area contributed by atoms with Gasteiger partial charge in [-0.1, -0.05) is 182 Å². The van der Waals surface area contributed by atoms with E-state index in [0.29, 0.717) is 5.84 Å². The van der Waals surface area contributed by atoms with Crippen molar-refractivity contribution in [3.8, 4) is 11.1 Å². The second-order valence-corrected chi connectivity index (χ2v) is 14.6. The van der Waals surface area contributed by atoms with E-state index in [2.05, 4.69) is 181 Å². The molecule has 0 fully saturated rings. The van der Waals surface area contributed by atoms with Gasteiger partial charge >= 0.3 is 0 Å². The SMILES string of the molecule is N=C(N=C(/C=C/c1c2ccccc2c(-c2c3ccccc3cc3c2ccc2ccccc23)c2ccccc12)n1c2ccccc2c2ccccc21)c1ccccc1. The molecule has 0 atom stereocenters. The molecule has 1 N–H and O–H groups in total. The predicted octanol–water partition coefficient (Wildman–Crippen LogP) is 14.2. The third kappa shape index (κ3) is 5.28. The summed E-state index contributed by atoms with van der Waals surface area (Å²) in [5.74, 6) is 0.878. The Labute approximate surface area is 329 Å². The summed E-state index contributed by atoms with van der Waals surface area (Å²) in [4.78, 5) is 5.10. The lowest BCUT2D eigenvalue weighted by molar-refractivity contribution is 1.27. The molecule has 57 heavy (non-hydrogen) atoms. The largest absolute Gasteiger partial charge is 0.294 e. The van der Waals surface area contributed by atoms with Crippen LogP contribution < -0.4 is 0 Å². The molecule has 11 rings (SSSR count). The lowest BCUT2D eigenvalue weighted by Crippen LogP contribution is -2.12. The predicted molar refractivity (Wildman–Crippen MR) is 244 cm³/mol. The van der Waals surface area contributed by atoms with Gasteiger partial charge in [0.25, 0.3) is 0 Å². The van der Waals surface area contributed by atoms with E-state index < -0.39 is 0 Å². The van der Waals surface area contributed by atoms with Gasteiger partial charge in [-0.2, -0.15) is 0 Å². The molecule has 0 saturated heterocycles. The van der Waals surface area contributed by atoms with Crippen molar-refractivity contribution in [2.45, 2.75) is 0 Å². The maximum absolute atomic E-state index is 9.20. The summed E-state index contributed by atoms with van der Waals surface area (Å²) in [5.41, 5.74) is 6.45. The van der Waals surface area contributed by atoms with Crippen LogP contribution in [0.4, 0.5) is 0 Å². The maximum atomic E-state index is 9.20. The Bertz CT molecular complexity index is 3370. The molecular formula is C54H35N3. The topological polar surface area (TPSA) is 41.1 Å². The molecule has 0 amide bonds. The van der Waals surface area contributed by atoms with Gasteiger partial charge in [-0.15, -0.1) is 0 Å². The Kier molecular flexibility index (Phi) is 7.65. The summed E-state index contributed by atoms with van der Waals surface area (Å²) < 4.78 is 2.20. The summed E-state index contributed by atoms with van der Waals surface area (Å²) in [6.45, 7) is 0. The number of aliphatic imine (C=N–C) groups is 1. The fraction of sp³-hybridized carbons (Fsp3) is 0. The molecule has 0 spiro atoms. The van der Waals surface area contributed by atoms with Crippen molar-refractivity contribution < 1.29 is 0 Å². The van der Waals surface area contributed by atoms with Gasteiger partial charge in [0.2, 0.25) is 0 Å². The van der Waals surface area contributed by atoms with E-state index in [-0.39, 0.29) is 5.84 Å². The molecule has 0 bridgehead atoms. The van der Waals surface area contributed by atoms with E-state index in [4.69, 9.17) is 4.99 Å².